The van der Waals surface area contributed by atoms with Crippen molar-refractivity contribution in [2.24, 2.45) is 0 Å². The lowest BCUT2D eigenvalue weighted by Crippen LogP contribution is -2.37. The van der Waals surface area contributed by atoms with E-state index in [1.165, 1.54) is 25.0 Å². The fourth-order valence-corrected chi connectivity index (χ4v) is 3.15. The topological polar surface area (TPSA) is 15.3 Å². The molecule has 2 aliphatic heterocycles. The van der Waals surface area contributed by atoms with E-state index < -0.39 is 11.7 Å². The van der Waals surface area contributed by atoms with Crippen LogP contribution in [0.5, 0.6) is 0 Å². The van der Waals surface area contributed by atoms with Crippen molar-refractivity contribution in [2.45, 2.75) is 37.9 Å². The van der Waals surface area contributed by atoms with Crippen LogP contribution in [0, 0.1) is 0 Å². The highest BCUT2D eigenvalue weighted by Gasteiger charge is 2.32. The first-order valence-electron chi connectivity index (χ1n) is 7.21. The number of anilines is 1. The van der Waals surface area contributed by atoms with Crippen molar-refractivity contribution in [2.75, 3.05) is 25.0 Å². The number of likely N-dealkylation sites (tertiary alicyclic amines) is 1. The van der Waals surface area contributed by atoms with E-state index >= 15 is 0 Å². The highest BCUT2D eigenvalue weighted by molar-refractivity contribution is 5.55. The van der Waals surface area contributed by atoms with Crippen LogP contribution in [0.25, 0.3) is 0 Å². The van der Waals surface area contributed by atoms with Crippen molar-refractivity contribution in [1.29, 1.82) is 0 Å². The van der Waals surface area contributed by atoms with E-state index in [1.807, 2.05) is 0 Å². The van der Waals surface area contributed by atoms with E-state index in [0.717, 1.165) is 43.7 Å². The molecular formula is C15H19F3N2. The van der Waals surface area contributed by atoms with Gasteiger partial charge in [0.05, 0.1) is 5.56 Å². The smallest absolute Gasteiger partial charge is 0.381 e. The molecule has 0 aliphatic carbocycles. The van der Waals surface area contributed by atoms with Gasteiger partial charge in [-0.25, -0.2) is 0 Å². The molecule has 1 atom stereocenters. The molecule has 1 aromatic carbocycles. The Hall–Kier alpha value is -1.23. The first kappa shape index (κ1) is 13.7. The molecular weight excluding hydrogens is 265 g/mol. The molecule has 2 heterocycles. The number of alkyl halides is 3. The monoisotopic (exact) mass is 284 g/mol. The molecule has 0 radical (unpaired) electrons. The van der Waals surface area contributed by atoms with Crippen LogP contribution in [0.4, 0.5) is 18.9 Å². The van der Waals surface area contributed by atoms with E-state index in [0.29, 0.717) is 6.04 Å². The first-order chi connectivity index (χ1) is 9.52. The second-order valence-corrected chi connectivity index (χ2v) is 5.76. The summed E-state index contributed by atoms with van der Waals surface area (Å²) in [5.41, 5.74) is 1.11. The molecule has 0 amide bonds. The van der Waals surface area contributed by atoms with Gasteiger partial charge in [0.15, 0.2) is 0 Å². The number of benzene rings is 1. The van der Waals surface area contributed by atoms with Crippen molar-refractivity contribution in [3.63, 3.8) is 0 Å². The zero-order chi connectivity index (χ0) is 14.2. The van der Waals surface area contributed by atoms with Gasteiger partial charge in [0, 0.05) is 18.3 Å². The van der Waals surface area contributed by atoms with Gasteiger partial charge in [-0.1, -0.05) is 0 Å². The second kappa shape index (κ2) is 5.28. The van der Waals surface area contributed by atoms with Crippen LogP contribution in [-0.2, 0) is 12.6 Å². The highest BCUT2D eigenvalue weighted by Crippen LogP contribution is 2.34. The fourth-order valence-electron chi connectivity index (χ4n) is 3.15. The third kappa shape index (κ3) is 2.92. The Labute approximate surface area is 117 Å². The van der Waals surface area contributed by atoms with Gasteiger partial charge >= 0.3 is 6.18 Å². The third-order valence-corrected chi connectivity index (χ3v) is 4.23. The van der Waals surface area contributed by atoms with E-state index in [-0.39, 0.29) is 0 Å². The van der Waals surface area contributed by atoms with Gasteiger partial charge in [0.1, 0.15) is 0 Å². The van der Waals surface area contributed by atoms with Crippen LogP contribution in [-0.4, -0.2) is 30.6 Å². The number of nitrogens with one attached hydrogen (secondary N) is 1. The number of aryl methyl sites for hydroxylation is 1. The van der Waals surface area contributed by atoms with Crippen molar-refractivity contribution in [3.8, 4) is 0 Å². The molecule has 2 aliphatic rings. The Balaban J connectivity index is 1.69. The number of hydrogen-bond acceptors (Lipinski definition) is 2. The van der Waals surface area contributed by atoms with Gasteiger partial charge in [-0.3, -0.25) is 0 Å². The van der Waals surface area contributed by atoms with E-state index in [2.05, 4.69) is 10.2 Å². The summed E-state index contributed by atoms with van der Waals surface area (Å²) >= 11 is 0. The minimum absolute atomic E-state index is 0.359. The quantitative estimate of drug-likeness (QED) is 0.893. The molecule has 0 bridgehead atoms. The molecule has 5 heteroatoms. The van der Waals surface area contributed by atoms with Crippen LogP contribution in [0.1, 0.15) is 30.4 Å². The summed E-state index contributed by atoms with van der Waals surface area (Å²) in [6, 6.07) is 4.39. The Bertz CT molecular complexity index is 478. The molecule has 1 saturated heterocycles. The summed E-state index contributed by atoms with van der Waals surface area (Å²) in [6.07, 6.45) is -0.0898. The Morgan fingerprint density at radius 3 is 2.65 bits per heavy atom. The SMILES string of the molecule is FC(F)(F)c1ccc2c(c1)CC[C@H](CN1CCCC1)N2. The molecule has 0 spiro atoms. The van der Waals surface area contributed by atoms with Crippen molar-refractivity contribution in [1.82, 2.24) is 4.90 Å². The van der Waals surface area contributed by atoms with Crippen LogP contribution >= 0.6 is 0 Å². The van der Waals surface area contributed by atoms with Gasteiger partial charge in [-0.2, -0.15) is 13.2 Å². The molecule has 0 unspecified atom stereocenters. The number of nitrogens with zero attached hydrogens (tertiary/aromatic N) is 1. The summed E-state index contributed by atoms with van der Waals surface area (Å²) in [4.78, 5) is 2.44. The standard InChI is InChI=1S/C15H19F3N2/c16-15(17,18)12-4-6-14-11(9-12)3-5-13(19-14)10-20-7-1-2-8-20/h4,6,9,13,19H,1-3,5,7-8,10H2/t13-/m1/s1. The predicted molar refractivity (Wildman–Crippen MR) is 72.8 cm³/mol. The predicted octanol–water partition coefficient (Wildman–Crippen LogP) is 3.53. The molecule has 20 heavy (non-hydrogen) atoms. The number of hydrogen-bond donors (Lipinski definition) is 1. The Morgan fingerprint density at radius 2 is 1.95 bits per heavy atom. The molecule has 3 rings (SSSR count). The van der Waals surface area contributed by atoms with Crippen LogP contribution in [0.2, 0.25) is 0 Å². The number of fused-ring (bicyclic) bond motifs is 1. The largest absolute Gasteiger partial charge is 0.416 e. The molecule has 1 N–H and O–H groups in total. The summed E-state index contributed by atoms with van der Waals surface area (Å²) in [6.45, 7) is 3.30. The molecule has 1 fully saturated rings. The van der Waals surface area contributed by atoms with Crippen molar-refractivity contribution < 1.29 is 13.2 Å². The van der Waals surface area contributed by atoms with Crippen molar-refractivity contribution >= 4 is 5.69 Å². The van der Waals surface area contributed by atoms with Gasteiger partial charge in [-0.05, 0) is 62.5 Å². The van der Waals surface area contributed by atoms with Crippen LogP contribution in [0.15, 0.2) is 18.2 Å². The highest BCUT2D eigenvalue weighted by atomic mass is 19.4. The normalized spacial score (nSPS) is 23.4. The lowest BCUT2D eigenvalue weighted by Gasteiger charge is -2.30. The molecule has 0 saturated carbocycles. The van der Waals surface area contributed by atoms with E-state index in [1.54, 1.807) is 6.07 Å². The fraction of sp³-hybridized carbons (Fsp3) is 0.600. The average Bonchev–Trinajstić information content (AvgIpc) is 2.90. The van der Waals surface area contributed by atoms with E-state index in [4.69, 9.17) is 0 Å². The summed E-state index contributed by atoms with van der Waals surface area (Å²) in [7, 11) is 0. The van der Waals surface area contributed by atoms with Gasteiger partial charge in [0.25, 0.3) is 0 Å². The molecule has 110 valence electrons. The van der Waals surface area contributed by atoms with Crippen LogP contribution < -0.4 is 5.32 Å². The Kier molecular flexibility index (Phi) is 3.63. The Morgan fingerprint density at radius 1 is 1.20 bits per heavy atom. The maximum absolute atomic E-state index is 12.7. The molecule has 1 aromatic rings. The average molecular weight is 284 g/mol. The number of rotatable bonds is 2. The zero-order valence-electron chi connectivity index (χ0n) is 11.3. The lowest BCUT2D eigenvalue weighted by atomic mass is 9.96. The summed E-state index contributed by atoms with van der Waals surface area (Å²) in [5, 5.41) is 3.39. The lowest BCUT2D eigenvalue weighted by molar-refractivity contribution is -0.137. The maximum Gasteiger partial charge on any atom is 0.416 e. The first-order valence-corrected chi connectivity index (χ1v) is 7.21. The third-order valence-electron chi connectivity index (χ3n) is 4.23. The van der Waals surface area contributed by atoms with Crippen LogP contribution in [0.3, 0.4) is 0 Å². The van der Waals surface area contributed by atoms with E-state index in [9.17, 15) is 13.2 Å². The van der Waals surface area contributed by atoms with Crippen molar-refractivity contribution in [3.05, 3.63) is 29.3 Å². The van der Waals surface area contributed by atoms with Gasteiger partial charge in [-0.15, -0.1) is 0 Å². The number of halogens is 3. The minimum atomic E-state index is -4.25. The minimum Gasteiger partial charge on any atom is -0.381 e. The maximum atomic E-state index is 12.7. The summed E-state index contributed by atoms with van der Waals surface area (Å²) < 4.78 is 38.0. The summed E-state index contributed by atoms with van der Waals surface area (Å²) in [5.74, 6) is 0. The molecule has 2 nitrogen and oxygen atoms in total. The zero-order valence-corrected chi connectivity index (χ0v) is 11.3. The van der Waals surface area contributed by atoms with Gasteiger partial charge < -0.3 is 10.2 Å². The van der Waals surface area contributed by atoms with Gasteiger partial charge in [0.2, 0.25) is 0 Å². The molecule has 0 aromatic heterocycles. The second-order valence-electron chi connectivity index (χ2n) is 5.76.